The van der Waals surface area contributed by atoms with Gasteiger partial charge >= 0.3 is 11.8 Å². The van der Waals surface area contributed by atoms with Crippen LogP contribution in [0, 0.1) is 5.41 Å². The number of amides is 3. The van der Waals surface area contributed by atoms with Crippen LogP contribution in [0.2, 0.25) is 0 Å². The van der Waals surface area contributed by atoms with Gasteiger partial charge in [-0.1, -0.05) is 28.1 Å². The number of hydrogen-bond acceptors (Lipinski definition) is 5. The van der Waals surface area contributed by atoms with Crippen LogP contribution in [-0.4, -0.2) is 30.1 Å². The van der Waals surface area contributed by atoms with Gasteiger partial charge in [0.25, 0.3) is 0 Å². The fraction of sp³-hybridized carbons (Fsp3) is 0.125. The Balaban J connectivity index is 1.75. The molecule has 0 saturated carbocycles. The first kappa shape index (κ1) is 19.6. The van der Waals surface area contributed by atoms with Gasteiger partial charge in [-0.05, 0) is 29.8 Å². The summed E-state index contributed by atoms with van der Waals surface area (Å²) < 4.78 is 0.899. The zero-order chi connectivity index (χ0) is 19.1. The molecule has 0 atom stereocenters. The first-order valence-electron chi connectivity index (χ1n) is 7.39. The second-order valence-electron chi connectivity index (χ2n) is 5.12. The summed E-state index contributed by atoms with van der Waals surface area (Å²) in [5, 5.41) is 14.9. The van der Waals surface area contributed by atoms with E-state index in [1.807, 2.05) is 24.3 Å². The highest BCUT2D eigenvalue weighted by Crippen LogP contribution is 2.21. The lowest BCUT2D eigenvalue weighted by Crippen LogP contribution is -2.41. The Hall–Kier alpha value is -2.72. The van der Waals surface area contributed by atoms with Crippen LogP contribution >= 0.6 is 27.3 Å². The van der Waals surface area contributed by atoms with Gasteiger partial charge in [-0.2, -0.15) is 0 Å². The number of nitrogens with one attached hydrogen (secondary N) is 4. The Morgan fingerprint density at radius 2 is 1.88 bits per heavy atom. The van der Waals surface area contributed by atoms with Gasteiger partial charge < -0.3 is 21.7 Å². The SMILES string of the molecule is N=C(N)c1ccc(NC(=O)C(=O)NCC(=O)NCc2cccc(Br)c2)s1. The zero-order valence-corrected chi connectivity index (χ0v) is 15.9. The first-order valence-corrected chi connectivity index (χ1v) is 9.00. The van der Waals surface area contributed by atoms with Gasteiger partial charge in [-0.3, -0.25) is 19.8 Å². The summed E-state index contributed by atoms with van der Waals surface area (Å²) in [6.07, 6.45) is 0. The van der Waals surface area contributed by atoms with Gasteiger partial charge in [0, 0.05) is 11.0 Å². The van der Waals surface area contributed by atoms with Crippen molar-refractivity contribution >= 4 is 55.8 Å². The van der Waals surface area contributed by atoms with Crippen molar-refractivity contribution in [2.75, 3.05) is 11.9 Å². The van der Waals surface area contributed by atoms with Gasteiger partial charge in [0.15, 0.2) is 0 Å². The highest BCUT2D eigenvalue weighted by Gasteiger charge is 2.16. The molecule has 0 aliphatic heterocycles. The molecule has 0 saturated heterocycles. The minimum atomic E-state index is -0.930. The van der Waals surface area contributed by atoms with Gasteiger partial charge in [-0.15, -0.1) is 11.3 Å². The molecule has 0 fully saturated rings. The van der Waals surface area contributed by atoms with Gasteiger partial charge in [0.2, 0.25) is 5.91 Å². The van der Waals surface area contributed by atoms with E-state index in [0.717, 1.165) is 21.4 Å². The molecule has 2 aromatic rings. The molecule has 0 radical (unpaired) electrons. The summed E-state index contributed by atoms with van der Waals surface area (Å²) in [6.45, 7) is -0.00719. The molecule has 1 heterocycles. The maximum Gasteiger partial charge on any atom is 0.314 e. The quantitative estimate of drug-likeness (QED) is 0.263. The average molecular weight is 438 g/mol. The summed E-state index contributed by atoms with van der Waals surface area (Å²) in [5.41, 5.74) is 6.23. The van der Waals surface area contributed by atoms with Crippen molar-refractivity contribution in [2.45, 2.75) is 6.54 Å². The Morgan fingerprint density at radius 3 is 2.54 bits per heavy atom. The van der Waals surface area contributed by atoms with Crippen LogP contribution in [0.5, 0.6) is 0 Å². The molecule has 8 nitrogen and oxygen atoms in total. The van der Waals surface area contributed by atoms with Crippen LogP contribution in [-0.2, 0) is 20.9 Å². The van der Waals surface area contributed by atoms with Crippen LogP contribution in [0.25, 0.3) is 0 Å². The molecule has 0 bridgehead atoms. The lowest BCUT2D eigenvalue weighted by Gasteiger charge is -2.07. The number of carbonyl (C=O) groups is 3. The Labute approximate surface area is 161 Å². The Bertz CT molecular complexity index is 852. The Morgan fingerprint density at radius 1 is 1.12 bits per heavy atom. The Kier molecular flexibility index (Phi) is 6.87. The van der Waals surface area contributed by atoms with Crippen LogP contribution < -0.4 is 21.7 Å². The molecule has 26 heavy (non-hydrogen) atoms. The number of benzene rings is 1. The lowest BCUT2D eigenvalue weighted by atomic mass is 10.2. The van der Waals surface area contributed by atoms with E-state index in [-0.39, 0.29) is 12.4 Å². The standard InChI is InChI=1S/C16H16BrN5O3S/c17-10-3-1-2-9(6-10)7-20-12(23)8-21-15(24)16(25)22-13-5-4-11(26-13)14(18)19/h1-6H,7-8H2,(H3,18,19)(H,20,23)(H,21,24)(H,22,25). The van der Waals surface area contributed by atoms with Crippen molar-refractivity contribution in [2.24, 2.45) is 5.73 Å². The summed E-state index contributed by atoms with van der Waals surface area (Å²) >= 11 is 4.41. The number of thiophene rings is 1. The van der Waals surface area contributed by atoms with Crippen molar-refractivity contribution in [1.29, 1.82) is 5.41 Å². The average Bonchev–Trinajstić information content (AvgIpc) is 3.06. The van der Waals surface area contributed by atoms with E-state index in [1.165, 1.54) is 6.07 Å². The highest BCUT2D eigenvalue weighted by molar-refractivity contribution is 9.10. The van der Waals surface area contributed by atoms with E-state index in [4.69, 9.17) is 11.1 Å². The number of carbonyl (C=O) groups excluding carboxylic acids is 3. The van der Waals surface area contributed by atoms with Crippen molar-refractivity contribution in [1.82, 2.24) is 10.6 Å². The monoisotopic (exact) mass is 437 g/mol. The predicted molar refractivity (Wildman–Crippen MR) is 103 cm³/mol. The summed E-state index contributed by atoms with van der Waals surface area (Å²) in [4.78, 5) is 35.8. The van der Waals surface area contributed by atoms with Crippen molar-refractivity contribution in [3.63, 3.8) is 0 Å². The van der Waals surface area contributed by atoms with Crippen LogP contribution in [0.1, 0.15) is 10.4 Å². The van der Waals surface area contributed by atoms with Crippen LogP contribution in [0.3, 0.4) is 0 Å². The summed E-state index contributed by atoms with van der Waals surface area (Å²) in [5.74, 6) is -2.37. The van der Waals surface area contributed by atoms with Crippen molar-refractivity contribution in [3.05, 3.63) is 51.3 Å². The van der Waals surface area contributed by atoms with Crippen molar-refractivity contribution in [3.8, 4) is 0 Å². The molecule has 0 unspecified atom stereocenters. The maximum atomic E-state index is 11.8. The zero-order valence-electron chi connectivity index (χ0n) is 13.5. The van der Waals surface area contributed by atoms with Crippen LogP contribution in [0.4, 0.5) is 5.00 Å². The topological polar surface area (TPSA) is 137 Å². The van der Waals surface area contributed by atoms with Gasteiger partial charge in [0.1, 0.15) is 5.84 Å². The maximum absolute atomic E-state index is 11.8. The molecule has 2 rings (SSSR count). The number of halogens is 1. The summed E-state index contributed by atoms with van der Waals surface area (Å²) in [7, 11) is 0. The lowest BCUT2D eigenvalue weighted by molar-refractivity contribution is -0.136. The van der Waals surface area contributed by atoms with E-state index in [2.05, 4.69) is 31.9 Å². The molecule has 0 spiro atoms. The molecule has 0 aliphatic rings. The van der Waals surface area contributed by atoms with Crippen LogP contribution in [0.15, 0.2) is 40.9 Å². The fourth-order valence-electron chi connectivity index (χ4n) is 1.87. The smallest absolute Gasteiger partial charge is 0.314 e. The van der Waals surface area contributed by atoms with E-state index in [1.54, 1.807) is 6.07 Å². The fourth-order valence-corrected chi connectivity index (χ4v) is 3.08. The molecule has 10 heteroatoms. The largest absolute Gasteiger partial charge is 0.383 e. The third kappa shape index (κ3) is 5.97. The van der Waals surface area contributed by atoms with Gasteiger partial charge in [-0.25, -0.2) is 0 Å². The van der Waals surface area contributed by atoms with Gasteiger partial charge in [0.05, 0.1) is 16.4 Å². The number of nitrogens with two attached hydrogens (primary N) is 1. The normalized spacial score (nSPS) is 10.0. The minimum Gasteiger partial charge on any atom is -0.383 e. The number of hydrogen-bond donors (Lipinski definition) is 5. The van der Waals surface area contributed by atoms with E-state index >= 15 is 0 Å². The molecule has 3 amide bonds. The number of nitrogen functional groups attached to an aromatic ring is 1. The second kappa shape index (κ2) is 9.11. The number of amidine groups is 1. The molecule has 1 aromatic heterocycles. The highest BCUT2D eigenvalue weighted by atomic mass is 79.9. The summed E-state index contributed by atoms with van der Waals surface area (Å²) in [6, 6.07) is 10.5. The van der Waals surface area contributed by atoms with E-state index < -0.39 is 17.7 Å². The van der Waals surface area contributed by atoms with Crippen molar-refractivity contribution < 1.29 is 14.4 Å². The molecule has 1 aromatic carbocycles. The molecule has 6 N–H and O–H groups in total. The molecular weight excluding hydrogens is 422 g/mol. The van der Waals surface area contributed by atoms with E-state index in [0.29, 0.717) is 16.4 Å². The first-order chi connectivity index (χ1) is 12.3. The number of rotatable bonds is 6. The predicted octanol–water partition coefficient (Wildman–Crippen LogP) is 1.17. The molecule has 0 aliphatic carbocycles. The third-order valence-electron chi connectivity index (χ3n) is 3.10. The molecule has 136 valence electrons. The van der Waals surface area contributed by atoms with E-state index in [9.17, 15) is 14.4 Å². The minimum absolute atomic E-state index is 0.123. The molecular formula is C16H16BrN5O3S. The number of anilines is 1. The third-order valence-corrected chi connectivity index (χ3v) is 4.63. The second-order valence-corrected chi connectivity index (χ2v) is 7.12.